The summed E-state index contributed by atoms with van der Waals surface area (Å²) in [4.78, 5) is 26.2. The Morgan fingerprint density at radius 1 is 1.25 bits per heavy atom. The number of nitro benzene ring substituents is 1. The van der Waals surface area contributed by atoms with E-state index in [-0.39, 0.29) is 28.0 Å². The number of aromatic nitrogens is 1. The number of nitrogens with zero attached hydrogens (tertiary/aromatic N) is 3. The van der Waals surface area contributed by atoms with Gasteiger partial charge in [-0.3, -0.25) is 14.9 Å². The van der Waals surface area contributed by atoms with Gasteiger partial charge in [-0.25, -0.2) is 10.4 Å². The summed E-state index contributed by atoms with van der Waals surface area (Å²) in [6, 6.07) is 12.3. The van der Waals surface area contributed by atoms with E-state index in [0.29, 0.717) is 17.1 Å². The minimum absolute atomic E-state index is 0.00843. The van der Waals surface area contributed by atoms with Gasteiger partial charge in [-0.15, -0.1) is 0 Å². The van der Waals surface area contributed by atoms with Crippen LogP contribution in [0.1, 0.15) is 21.5 Å². The van der Waals surface area contributed by atoms with E-state index in [9.17, 15) is 14.9 Å². The fourth-order valence-electron chi connectivity index (χ4n) is 2.60. The highest BCUT2D eigenvalue weighted by atomic mass is 35.5. The Hall–Kier alpha value is -3.69. The summed E-state index contributed by atoms with van der Waals surface area (Å²) >= 11 is 12.2. The van der Waals surface area contributed by atoms with Gasteiger partial charge < -0.3 is 9.47 Å². The first-order valence-electron chi connectivity index (χ1n) is 9.06. The molecule has 1 N–H and O–H groups in total. The monoisotopic (exact) mass is 474 g/mol. The number of amides is 1. The van der Waals surface area contributed by atoms with Crippen molar-refractivity contribution < 1.29 is 19.2 Å². The van der Waals surface area contributed by atoms with Crippen LogP contribution >= 0.6 is 23.2 Å². The van der Waals surface area contributed by atoms with E-state index in [4.69, 9.17) is 32.7 Å². The SMILES string of the molecule is COc1cc(C=NNC(=O)c2cccnc2Cl)cc(Cl)c1OCc1ccc([N+](=O)[O-])cc1. The molecule has 0 unspecified atom stereocenters. The van der Waals surface area contributed by atoms with Crippen LogP contribution in [0.3, 0.4) is 0 Å². The highest BCUT2D eigenvalue weighted by molar-refractivity contribution is 6.33. The number of hydrazone groups is 1. The van der Waals surface area contributed by atoms with Crippen LogP contribution in [0.2, 0.25) is 10.2 Å². The maximum absolute atomic E-state index is 12.1. The van der Waals surface area contributed by atoms with Crippen molar-refractivity contribution >= 4 is 41.0 Å². The van der Waals surface area contributed by atoms with Gasteiger partial charge in [0.2, 0.25) is 0 Å². The van der Waals surface area contributed by atoms with Crippen molar-refractivity contribution in [2.45, 2.75) is 6.61 Å². The molecule has 9 nitrogen and oxygen atoms in total. The normalized spacial score (nSPS) is 10.7. The minimum atomic E-state index is -0.513. The lowest BCUT2D eigenvalue weighted by Gasteiger charge is -2.13. The van der Waals surface area contributed by atoms with Crippen molar-refractivity contribution in [3.05, 3.63) is 91.7 Å². The number of ether oxygens (including phenoxy) is 2. The lowest BCUT2D eigenvalue weighted by atomic mass is 10.2. The van der Waals surface area contributed by atoms with Crippen LogP contribution in [0.15, 0.2) is 59.8 Å². The number of non-ortho nitro benzene ring substituents is 1. The van der Waals surface area contributed by atoms with E-state index in [1.54, 1.807) is 30.3 Å². The van der Waals surface area contributed by atoms with E-state index in [2.05, 4.69) is 15.5 Å². The van der Waals surface area contributed by atoms with Crippen LogP contribution < -0.4 is 14.9 Å². The molecular formula is C21H16Cl2N4O5. The maximum atomic E-state index is 12.1. The molecule has 0 aliphatic rings. The first-order valence-corrected chi connectivity index (χ1v) is 9.82. The summed E-state index contributed by atoms with van der Waals surface area (Å²) in [5.41, 5.74) is 3.81. The zero-order valence-corrected chi connectivity index (χ0v) is 18.1. The third-order valence-corrected chi connectivity index (χ3v) is 4.75. The van der Waals surface area contributed by atoms with E-state index < -0.39 is 10.8 Å². The van der Waals surface area contributed by atoms with Crippen LogP contribution in [0.5, 0.6) is 11.5 Å². The van der Waals surface area contributed by atoms with Crippen molar-refractivity contribution in [1.29, 1.82) is 0 Å². The molecule has 0 aliphatic heterocycles. The van der Waals surface area contributed by atoms with Crippen LogP contribution in [0.25, 0.3) is 0 Å². The average molecular weight is 475 g/mol. The Balaban J connectivity index is 1.69. The summed E-state index contributed by atoms with van der Waals surface area (Å²) < 4.78 is 11.1. The van der Waals surface area contributed by atoms with Gasteiger partial charge in [-0.05, 0) is 47.5 Å². The van der Waals surface area contributed by atoms with E-state index >= 15 is 0 Å². The molecule has 32 heavy (non-hydrogen) atoms. The molecule has 0 bridgehead atoms. The molecule has 11 heteroatoms. The third kappa shape index (κ3) is 5.71. The molecule has 2 aromatic carbocycles. The highest BCUT2D eigenvalue weighted by Crippen LogP contribution is 2.36. The first kappa shape index (κ1) is 23.0. The van der Waals surface area contributed by atoms with Gasteiger partial charge in [0, 0.05) is 18.3 Å². The molecule has 0 fully saturated rings. The van der Waals surface area contributed by atoms with E-state index in [1.807, 2.05) is 0 Å². The molecule has 3 rings (SSSR count). The molecule has 1 heterocycles. The Morgan fingerprint density at radius 2 is 2.00 bits per heavy atom. The second-order valence-electron chi connectivity index (χ2n) is 6.29. The number of nitro groups is 1. The van der Waals surface area contributed by atoms with Crippen LogP contribution in [0, 0.1) is 10.1 Å². The quantitative estimate of drug-likeness (QED) is 0.220. The second-order valence-corrected chi connectivity index (χ2v) is 7.05. The lowest BCUT2D eigenvalue weighted by molar-refractivity contribution is -0.384. The Labute approximate surface area is 192 Å². The molecule has 164 valence electrons. The summed E-state index contributed by atoms with van der Waals surface area (Å²) in [7, 11) is 1.46. The topological polar surface area (TPSA) is 116 Å². The smallest absolute Gasteiger partial charge is 0.274 e. The van der Waals surface area contributed by atoms with Gasteiger partial charge in [0.25, 0.3) is 11.6 Å². The Kier molecular flexibility index (Phi) is 7.58. The number of benzene rings is 2. The molecule has 0 spiro atoms. The maximum Gasteiger partial charge on any atom is 0.274 e. The number of pyridine rings is 1. The summed E-state index contributed by atoms with van der Waals surface area (Å²) in [6.07, 6.45) is 2.86. The lowest BCUT2D eigenvalue weighted by Crippen LogP contribution is -2.18. The predicted octanol–water partition coefficient (Wildman–Crippen LogP) is 4.65. The highest BCUT2D eigenvalue weighted by Gasteiger charge is 2.13. The van der Waals surface area contributed by atoms with Crippen molar-refractivity contribution in [2.24, 2.45) is 5.10 Å². The molecular weight excluding hydrogens is 459 g/mol. The van der Waals surface area contributed by atoms with Crippen LogP contribution in [-0.4, -0.2) is 29.1 Å². The summed E-state index contributed by atoms with van der Waals surface area (Å²) in [6.45, 7) is 0.128. The van der Waals surface area contributed by atoms with Gasteiger partial charge in [0.15, 0.2) is 11.5 Å². The van der Waals surface area contributed by atoms with Crippen LogP contribution in [0.4, 0.5) is 5.69 Å². The van der Waals surface area contributed by atoms with Gasteiger partial charge in [0.05, 0.1) is 28.8 Å². The molecule has 0 radical (unpaired) electrons. The second kappa shape index (κ2) is 10.6. The van der Waals surface area contributed by atoms with Crippen LogP contribution in [-0.2, 0) is 6.61 Å². The molecule has 0 saturated carbocycles. The van der Waals surface area contributed by atoms with Gasteiger partial charge in [0.1, 0.15) is 11.8 Å². The average Bonchev–Trinajstić information content (AvgIpc) is 2.78. The molecule has 1 aromatic heterocycles. The van der Waals surface area contributed by atoms with Crippen molar-refractivity contribution in [3.8, 4) is 11.5 Å². The number of nitrogens with one attached hydrogen (secondary N) is 1. The number of carbonyl (C=O) groups excluding carboxylic acids is 1. The fraction of sp³-hybridized carbons (Fsp3) is 0.0952. The minimum Gasteiger partial charge on any atom is -0.493 e. The predicted molar refractivity (Wildman–Crippen MR) is 120 cm³/mol. The standard InChI is InChI=1S/C21H16Cl2N4O5/c1-31-18-10-14(11-25-26-21(28)16-3-2-8-24-20(16)23)9-17(22)19(18)32-12-13-4-6-15(7-5-13)27(29)30/h2-11H,12H2,1H3,(H,26,28). The number of methoxy groups -OCH3 is 1. The van der Waals surface area contributed by atoms with Crippen molar-refractivity contribution in [2.75, 3.05) is 7.11 Å². The number of halogens is 2. The molecule has 1 amide bonds. The molecule has 3 aromatic rings. The summed E-state index contributed by atoms with van der Waals surface area (Å²) in [5.74, 6) is 0.138. The zero-order valence-electron chi connectivity index (χ0n) is 16.6. The Morgan fingerprint density at radius 3 is 2.66 bits per heavy atom. The fourth-order valence-corrected chi connectivity index (χ4v) is 3.08. The third-order valence-electron chi connectivity index (χ3n) is 4.17. The first-order chi connectivity index (χ1) is 15.4. The van der Waals surface area contributed by atoms with Crippen molar-refractivity contribution in [3.63, 3.8) is 0 Å². The number of carbonyl (C=O) groups is 1. The Bertz CT molecular complexity index is 1170. The van der Waals surface area contributed by atoms with E-state index in [1.165, 1.54) is 37.7 Å². The summed E-state index contributed by atoms with van der Waals surface area (Å²) in [5, 5.41) is 15.0. The molecule has 0 aliphatic carbocycles. The largest absolute Gasteiger partial charge is 0.493 e. The van der Waals surface area contributed by atoms with Crippen molar-refractivity contribution in [1.82, 2.24) is 10.4 Å². The van der Waals surface area contributed by atoms with Gasteiger partial charge in [-0.2, -0.15) is 5.10 Å². The number of hydrogen-bond acceptors (Lipinski definition) is 7. The number of hydrogen-bond donors (Lipinski definition) is 1. The van der Waals surface area contributed by atoms with Gasteiger partial charge >= 0.3 is 0 Å². The van der Waals surface area contributed by atoms with E-state index in [0.717, 1.165) is 5.56 Å². The zero-order chi connectivity index (χ0) is 23.1. The molecule has 0 saturated heterocycles. The molecule has 0 atom stereocenters. The van der Waals surface area contributed by atoms with Gasteiger partial charge in [-0.1, -0.05) is 23.2 Å². The number of rotatable bonds is 8.